The van der Waals surface area contributed by atoms with Crippen molar-refractivity contribution < 1.29 is 4.74 Å². The van der Waals surface area contributed by atoms with Crippen LogP contribution >= 0.6 is 0 Å². The second-order valence-corrected chi connectivity index (χ2v) is 5.32. The minimum absolute atomic E-state index is 0.756. The molecule has 2 unspecified atom stereocenters. The van der Waals surface area contributed by atoms with Crippen LogP contribution < -0.4 is 5.32 Å². The van der Waals surface area contributed by atoms with E-state index in [0.29, 0.717) is 0 Å². The molecule has 2 heteroatoms. The maximum absolute atomic E-state index is 5.39. The second kappa shape index (κ2) is 5.19. The third kappa shape index (κ3) is 2.53. The van der Waals surface area contributed by atoms with Gasteiger partial charge in [0.15, 0.2) is 0 Å². The highest BCUT2D eigenvalue weighted by Crippen LogP contribution is 2.33. The van der Waals surface area contributed by atoms with Gasteiger partial charge in [-0.2, -0.15) is 0 Å². The van der Waals surface area contributed by atoms with Gasteiger partial charge in [0.05, 0.1) is 0 Å². The van der Waals surface area contributed by atoms with E-state index in [4.69, 9.17) is 4.74 Å². The molecule has 1 aromatic carbocycles. The summed E-state index contributed by atoms with van der Waals surface area (Å²) in [6, 6.07) is 8.82. The number of ether oxygens (including phenoxy) is 1. The van der Waals surface area contributed by atoms with E-state index >= 15 is 0 Å². The van der Waals surface area contributed by atoms with Gasteiger partial charge in [-0.1, -0.05) is 24.3 Å². The predicted molar refractivity (Wildman–Crippen MR) is 69.3 cm³/mol. The predicted octanol–water partition coefficient (Wildman–Crippen LogP) is 2.34. The largest absolute Gasteiger partial charge is 0.381 e. The van der Waals surface area contributed by atoms with Crippen molar-refractivity contribution in [3.05, 3.63) is 35.4 Å². The number of benzene rings is 1. The van der Waals surface area contributed by atoms with E-state index in [1.165, 1.54) is 19.3 Å². The molecule has 0 radical (unpaired) electrons. The Balaban J connectivity index is 1.36. The fourth-order valence-electron chi connectivity index (χ4n) is 2.94. The molecule has 0 spiro atoms. The van der Waals surface area contributed by atoms with Crippen molar-refractivity contribution in [3.8, 4) is 0 Å². The Morgan fingerprint density at radius 3 is 3.06 bits per heavy atom. The van der Waals surface area contributed by atoms with Crippen LogP contribution in [0.5, 0.6) is 0 Å². The lowest BCUT2D eigenvalue weighted by atomic mass is 9.77. The third-order valence-corrected chi connectivity index (χ3v) is 4.11. The zero-order valence-electron chi connectivity index (χ0n) is 10.3. The van der Waals surface area contributed by atoms with Crippen LogP contribution in [0.3, 0.4) is 0 Å². The zero-order chi connectivity index (χ0) is 11.5. The molecule has 1 saturated heterocycles. The lowest BCUT2D eigenvalue weighted by Gasteiger charge is -2.30. The first-order valence-corrected chi connectivity index (χ1v) is 6.80. The number of fused-ring (bicyclic) bond motifs is 1. The Morgan fingerprint density at radius 1 is 1.29 bits per heavy atom. The van der Waals surface area contributed by atoms with Crippen LogP contribution in [0.1, 0.15) is 29.9 Å². The number of nitrogens with one attached hydrogen (secondary N) is 1. The molecule has 2 atom stereocenters. The highest BCUT2D eigenvalue weighted by molar-refractivity contribution is 5.40. The summed E-state index contributed by atoms with van der Waals surface area (Å²) in [5, 5.41) is 3.60. The SMILES string of the molecule is c1ccc2c(c1)CC2CNCCC1CCOC1. The van der Waals surface area contributed by atoms with E-state index < -0.39 is 0 Å². The summed E-state index contributed by atoms with van der Waals surface area (Å²) in [6.07, 6.45) is 3.79. The van der Waals surface area contributed by atoms with Gasteiger partial charge in [0.25, 0.3) is 0 Å². The van der Waals surface area contributed by atoms with E-state index in [2.05, 4.69) is 29.6 Å². The zero-order valence-corrected chi connectivity index (χ0v) is 10.3. The molecule has 1 aliphatic carbocycles. The summed E-state index contributed by atoms with van der Waals surface area (Å²) in [5.74, 6) is 1.56. The van der Waals surface area contributed by atoms with Gasteiger partial charge in [0.1, 0.15) is 0 Å². The minimum Gasteiger partial charge on any atom is -0.381 e. The van der Waals surface area contributed by atoms with E-state index in [0.717, 1.165) is 38.1 Å². The van der Waals surface area contributed by atoms with E-state index in [-0.39, 0.29) is 0 Å². The van der Waals surface area contributed by atoms with Crippen LogP contribution in [-0.4, -0.2) is 26.3 Å². The molecule has 1 aromatic rings. The van der Waals surface area contributed by atoms with Gasteiger partial charge >= 0.3 is 0 Å². The van der Waals surface area contributed by atoms with Crippen molar-refractivity contribution >= 4 is 0 Å². The molecular weight excluding hydrogens is 210 g/mol. The van der Waals surface area contributed by atoms with Crippen LogP contribution in [0, 0.1) is 5.92 Å². The van der Waals surface area contributed by atoms with Crippen LogP contribution in [0.15, 0.2) is 24.3 Å². The first-order valence-electron chi connectivity index (χ1n) is 6.80. The van der Waals surface area contributed by atoms with Crippen molar-refractivity contribution in [3.63, 3.8) is 0 Å². The minimum atomic E-state index is 0.756. The summed E-state index contributed by atoms with van der Waals surface area (Å²) in [6.45, 7) is 4.24. The fraction of sp³-hybridized carbons (Fsp3) is 0.600. The number of hydrogen-bond donors (Lipinski definition) is 1. The smallest absolute Gasteiger partial charge is 0.0495 e. The maximum Gasteiger partial charge on any atom is 0.0495 e. The van der Waals surface area contributed by atoms with E-state index in [9.17, 15) is 0 Å². The van der Waals surface area contributed by atoms with Crippen molar-refractivity contribution in [2.75, 3.05) is 26.3 Å². The molecular formula is C15H21NO. The summed E-state index contributed by atoms with van der Waals surface area (Å²) in [5.41, 5.74) is 3.10. The molecule has 2 aliphatic rings. The Kier molecular flexibility index (Phi) is 3.44. The number of rotatable bonds is 5. The normalized spacial score (nSPS) is 26.6. The monoisotopic (exact) mass is 231 g/mol. The van der Waals surface area contributed by atoms with Gasteiger partial charge in [0.2, 0.25) is 0 Å². The lowest BCUT2D eigenvalue weighted by molar-refractivity contribution is 0.184. The van der Waals surface area contributed by atoms with Gasteiger partial charge in [-0.05, 0) is 42.9 Å². The fourth-order valence-corrected chi connectivity index (χ4v) is 2.94. The van der Waals surface area contributed by atoms with Gasteiger partial charge in [-0.25, -0.2) is 0 Å². The average molecular weight is 231 g/mol. The topological polar surface area (TPSA) is 21.3 Å². The van der Waals surface area contributed by atoms with Crippen molar-refractivity contribution in [1.29, 1.82) is 0 Å². The molecule has 1 fully saturated rings. The average Bonchev–Trinajstić information content (AvgIpc) is 2.82. The molecule has 17 heavy (non-hydrogen) atoms. The molecule has 1 N–H and O–H groups in total. The molecule has 3 rings (SSSR count). The summed E-state index contributed by atoms with van der Waals surface area (Å²) in [4.78, 5) is 0. The first-order chi connectivity index (χ1) is 8.43. The third-order valence-electron chi connectivity index (χ3n) is 4.11. The van der Waals surface area contributed by atoms with Gasteiger partial charge in [-0.3, -0.25) is 0 Å². The second-order valence-electron chi connectivity index (χ2n) is 5.32. The van der Waals surface area contributed by atoms with Gasteiger partial charge in [-0.15, -0.1) is 0 Å². The molecule has 0 bridgehead atoms. The molecule has 0 aromatic heterocycles. The van der Waals surface area contributed by atoms with Crippen LogP contribution in [-0.2, 0) is 11.2 Å². The highest BCUT2D eigenvalue weighted by Gasteiger charge is 2.24. The van der Waals surface area contributed by atoms with Crippen molar-refractivity contribution in [1.82, 2.24) is 5.32 Å². The molecule has 0 amide bonds. The molecule has 1 heterocycles. The van der Waals surface area contributed by atoms with Crippen molar-refractivity contribution in [2.45, 2.75) is 25.2 Å². The molecule has 2 nitrogen and oxygen atoms in total. The summed E-state index contributed by atoms with van der Waals surface area (Å²) >= 11 is 0. The first kappa shape index (κ1) is 11.2. The Labute approximate surface area is 103 Å². The van der Waals surface area contributed by atoms with Gasteiger partial charge in [0, 0.05) is 25.7 Å². The molecule has 92 valence electrons. The number of hydrogen-bond acceptors (Lipinski definition) is 2. The molecule has 0 saturated carbocycles. The standard InChI is InChI=1S/C15H21NO/c1-2-4-15-13(3-1)9-14(15)10-16-7-5-12-6-8-17-11-12/h1-4,12,14,16H,5-11H2. The van der Waals surface area contributed by atoms with Gasteiger partial charge < -0.3 is 10.1 Å². The highest BCUT2D eigenvalue weighted by atomic mass is 16.5. The quantitative estimate of drug-likeness (QED) is 0.785. The Hall–Kier alpha value is -0.860. The van der Waals surface area contributed by atoms with Crippen LogP contribution in [0.4, 0.5) is 0 Å². The Morgan fingerprint density at radius 2 is 2.24 bits per heavy atom. The maximum atomic E-state index is 5.39. The van der Waals surface area contributed by atoms with E-state index in [1.807, 2.05) is 0 Å². The molecule has 1 aliphatic heterocycles. The van der Waals surface area contributed by atoms with Crippen molar-refractivity contribution in [2.24, 2.45) is 5.92 Å². The van der Waals surface area contributed by atoms with Crippen LogP contribution in [0.25, 0.3) is 0 Å². The van der Waals surface area contributed by atoms with Crippen LogP contribution in [0.2, 0.25) is 0 Å². The Bertz CT molecular complexity index is 371. The summed E-state index contributed by atoms with van der Waals surface area (Å²) in [7, 11) is 0. The lowest BCUT2D eigenvalue weighted by Crippen LogP contribution is -2.30. The van der Waals surface area contributed by atoms with E-state index in [1.54, 1.807) is 11.1 Å². The summed E-state index contributed by atoms with van der Waals surface area (Å²) < 4.78 is 5.39.